The summed E-state index contributed by atoms with van der Waals surface area (Å²) in [6.07, 6.45) is 3.63. The molecule has 0 aromatic carbocycles. The van der Waals surface area contributed by atoms with Gasteiger partial charge in [-0.25, -0.2) is 0 Å². The topological polar surface area (TPSA) is 136 Å². The minimum absolute atomic E-state index is 0.0751. The van der Waals surface area contributed by atoms with Crippen LogP contribution in [0.25, 0.3) is 0 Å². The van der Waals surface area contributed by atoms with Gasteiger partial charge in [-0.2, -0.15) is 0 Å². The fourth-order valence-corrected chi connectivity index (χ4v) is 3.65. The van der Waals surface area contributed by atoms with Gasteiger partial charge in [0.15, 0.2) is 0 Å². The molecule has 1 aliphatic heterocycles. The Morgan fingerprint density at radius 3 is 2.50 bits per heavy atom. The molecular weight excluding hydrogens is 362 g/mol. The molecule has 0 aromatic rings. The highest BCUT2D eigenvalue weighted by molar-refractivity contribution is 7.98. The summed E-state index contributed by atoms with van der Waals surface area (Å²) >= 11 is 1.73. The third-order valence-electron chi connectivity index (χ3n) is 4.03. The Balaban J connectivity index is 2.43. The van der Waals surface area contributed by atoms with Crippen molar-refractivity contribution in [2.75, 3.05) is 20.1 Å². The van der Waals surface area contributed by atoms with Gasteiger partial charge in [0.25, 0.3) is 0 Å². The fourth-order valence-electron chi connectivity index (χ4n) is 2.65. The van der Waals surface area contributed by atoms with Gasteiger partial charge in [-0.05, 0) is 25.7 Å². The average molecular weight is 389 g/mol. The van der Waals surface area contributed by atoms with Crippen molar-refractivity contribution in [3.05, 3.63) is 0 Å². The van der Waals surface area contributed by atoms with Crippen LogP contribution >= 0.6 is 11.9 Å². The van der Waals surface area contributed by atoms with E-state index in [-0.39, 0.29) is 25.2 Å². The molecular formula is C16H27N3O6S. The maximum absolute atomic E-state index is 12.3. The molecule has 4 N–H and O–H groups in total. The van der Waals surface area contributed by atoms with E-state index in [2.05, 4.69) is 10.0 Å². The normalized spacial score (nSPS) is 17.5. The summed E-state index contributed by atoms with van der Waals surface area (Å²) in [5, 5.41) is 20.7. The standard InChI is InChI=1S/C16H27N3O6S/c1-19(10-15(23)24)16(25)12(6-7-14(21)22)18-13(20)5-3-2-4-11-8-9-17-26-11/h11-12,17H,2-10H2,1H3,(H,18,20)(H,21,22)(H,23,24)/t11-,12?/m1/s1. The second kappa shape index (κ2) is 11.7. The van der Waals surface area contributed by atoms with Crippen LogP contribution in [0.2, 0.25) is 0 Å². The molecule has 9 nitrogen and oxygen atoms in total. The van der Waals surface area contributed by atoms with Crippen LogP contribution in [0, 0.1) is 0 Å². The summed E-state index contributed by atoms with van der Waals surface area (Å²) in [7, 11) is 1.31. The number of amides is 2. The van der Waals surface area contributed by atoms with E-state index < -0.39 is 30.4 Å². The number of hydrogen-bond donors (Lipinski definition) is 4. The summed E-state index contributed by atoms with van der Waals surface area (Å²) in [4.78, 5) is 46.8. The molecule has 1 unspecified atom stereocenters. The molecule has 0 aliphatic carbocycles. The Morgan fingerprint density at radius 1 is 1.19 bits per heavy atom. The molecule has 0 radical (unpaired) electrons. The monoisotopic (exact) mass is 389 g/mol. The van der Waals surface area contributed by atoms with Gasteiger partial charge in [0.1, 0.15) is 12.6 Å². The van der Waals surface area contributed by atoms with Gasteiger partial charge in [-0.3, -0.25) is 23.9 Å². The van der Waals surface area contributed by atoms with Crippen molar-refractivity contribution >= 4 is 35.7 Å². The molecule has 0 spiro atoms. The molecule has 10 heteroatoms. The third kappa shape index (κ3) is 9.04. The Hall–Kier alpha value is -1.81. The summed E-state index contributed by atoms with van der Waals surface area (Å²) in [5.74, 6) is -3.19. The van der Waals surface area contributed by atoms with Gasteiger partial charge in [0.2, 0.25) is 11.8 Å². The Morgan fingerprint density at radius 2 is 1.92 bits per heavy atom. The van der Waals surface area contributed by atoms with Crippen molar-refractivity contribution in [3.63, 3.8) is 0 Å². The molecule has 0 bridgehead atoms. The first-order valence-corrected chi connectivity index (χ1v) is 9.54. The van der Waals surface area contributed by atoms with Crippen LogP contribution in [0.4, 0.5) is 0 Å². The minimum Gasteiger partial charge on any atom is -0.481 e. The molecule has 1 rings (SSSR count). The second-order valence-corrected chi connectivity index (χ2v) is 7.50. The summed E-state index contributed by atoms with van der Waals surface area (Å²) in [5.41, 5.74) is 0. The highest BCUT2D eigenvalue weighted by atomic mass is 32.2. The first kappa shape index (κ1) is 22.2. The van der Waals surface area contributed by atoms with Crippen LogP contribution in [0.15, 0.2) is 0 Å². The number of carboxylic acid groups (broad SMARTS) is 2. The molecule has 1 heterocycles. The van der Waals surface area contributed by atoms with E-state index in [0.29, 0.717) is 11.7 Å². The summed E-state index contributed by atoms with van der Waals surface area (Å²) in [6, 6.07) is -1.03. The predicted molar refractivity (Wildman–Crippen MR) is 96.5 cm³/mol. The number of carboxylic acids is 2. The van der Waals surface area contributed by atoms with Gasteiger partial charge in [0, 0.05) is 31.7 Å². The lowest BCUT2D eigenvalue weighted by Crippen LogP contribution is -2.48. The van der Waals surface area contributed by atoms with E-state index in [1.807, 2.05) is 0 Å². The smallest absolute Gasteiger partial charge is 0.323 e. The van der Waals surface area contributed by atoms with Gasteiger partial charge in [0.05, 0.1) is 0 Å². The van der Waals surface area contributed by atoms with Crippen molar-refractivity contribution in [1.82, 2.24) is 14.9 Å². The van der Waals surface area contributed by atoms with Gasteiger partial charge >= 0.3 is 11.9 Å². The van der Waals surface area contributed by atoms with E-state index in [0.717, 1.165) is 30.7 Å². The molecule has 1 fully saturated rings. The Labute approximate surface area is 157 Å². The molecule has 0 aromatic heterocycles. The molecule has 26 heavy (non-hydrogen) atoms. The second-order valence-electron chi connectivity index (χ2n) is 6.31. The zero-order valence-electron chi connectivity index (χ0n) is 14.9. The number of rotatable bonds is 12. The van der Waals surface area contributed by atoms with Crippen LogP contribution in [0.1, 0.15) is 44.9 Å². The number of carbonyl (C=O) groups excluding carboxylic acids is 2. The number of hydrogen-bond acceptors (Lipinski definition) is 6. The molecule has 2 atom stereocenters. The van der Waals surface area contributed by atoms with Crippen molar-refractivity contribution in [3.8, 4) is 0 Å². The number of nitrogens with one attached hydrogen (secondary N) is 2. The van der Waals surface area contributed by atoms with Gasteiger partial charge in [-0.15, -0.1) is 0 Å². The van der Waals surface area contributed by atoms with Crippen molar-refractivity contribution in [1.29, 1.82) is 0 Å². The maximum Gasteiger partial charge on any atom is 0.323 e. The molecule has 1 saturated heterocycles. The number of unbranched alkanes of at least 4 members (excludes halogenated alkanes) is 1. The molecule has 0 saturated carbocycles. The first-order valence-electron chi connectivity index (χ1n) is 8.66. The molecule has 148 valence electrons. The number of aliphatic carboxylic acids is 2. The zero-order chi connectivity index (χ0) is 19.5. The predicted octanol–water partition coefficient (Wildman–Crippen LogP) is 0.450. The number of carbonyl (C=O) groups is 4. The Bertz CT molecular complexity index is 510. The fraction of sp³-hybridized carbons (Fsp3) is 0.750. The van der Waals surface area contributed by atoms with Crippen LogP contribution in [-0.4, -0.2) is 70.3 Å². The van der Waals surface area contributed by atoms with Crippen LogP contribution < -0.4 is 10.0 Å². The Kier molecular flexibility index (Phi) is 10.0. The highest BCUT2D eigenvalue weighted by Crippen LogP contribution is 2.23. The quantitative estimate of drug-likeness (QED) is 0.279. The van der Waals surface area contributed by atoms with Crippen molar-refractivity contribution in [2.24, 2.45) is 0 Å². The van der Waals surface area contributed by atoms with Crippen LogP contribution in [0.3, 0.4) is 0 Å². The zero-order valence-corrected chi connectivity index (χ0v) is 15.7. The largest absolute Gasteiger partial charge is 0.481 e. The van der Waals surface area contributed by atoms with Crippen molar-refractivity contribution < 1.29 is 29.4 Å². The highest BCUT2D eigenvalue weighted by Gasteiger charge is 2.25. The summed E-state index contributed by atoms with van der Waals surface area (Å²) in [6.45, 7) is 0.498. The molecule has 1 aliphatic rings. The average Bonchev–Trinajstić information content (AvgIpc) is 3.07. The molecule has 2 amide bonds. The SMILES string of the molecule is CN(CC(=O)O)C(=O)C(CCC(=O)O)NC(=O)CCCC[C@@H]1CCNS1. The summed E-state index contributed by atoms with van der Waals surface area (Å²) < 4.78 is 3.21. The lowest BCUT2D eigenvalue weighted by atomic mass is 10.1. The van der Waals surface area contributed by atoms with E-state index in [9.17, 15) is 19.2 Å². The van der Waals surface area contributed by atoms with E-state index in [4.69, 9.17) is 10.2 Å². The first-order chi connectivity index (χ1) is 12.3. The maximum atomic E-state index is 12.3. The van der Waals surface area contributed by atoms with Crippen LogP contribution in [0.5, 0.6) is 0 Å². The number of nitrogens with zero attached hydrogens (tertiary/aromatic N) is 1. The van der Waals surface area contributed by atoms with Crippen LogP contribution in [-0.2, 0) is 19.2 Å². The lowest BCUT2D eigenvalue weighted by Gasteiger charge is -2.23. The lowest BCUT2D eigenvalue weighted by molar-refractivity contribution is -0.145. The van der Waals surface area contributed by atoms with Gasteiger partial charge in [-0.1, -0.05) is 18.4 Å². The third-order valence-corrected chi connectivity index (χ3v) is 5.20. The van der Waals surface area contributed by atoms with Crippen molar-refractivity contribution in [2.45, 2.75) is 56.2 Å². The van der Waals surface area contributed by atoms with E-state index >= 15 is 0 Å². The van der Waals surface area contributed by atoms with Gasteiger partial charge < -0.3 is 20.4 Å². The number of likely N-dealkylation sites (N-methyl/N-ethyl adjacent to an activating group) is 1. The van der Waals surface area contributed by atoms with E-state index in [1.165, 1.54) is 7.05 Å². The minimum atomic E-state index is -1.18. The van der Waals surface area contributed by atoms with E-state index in [1.54, 1.807) is 11.9 Å².